The van der Waals surface area contributed by atoms with Gasteiger partial charge >= 0.3 is 0 Å². The molecule has 0 aliphatic heterocycles. The van der Waals surface area contributed by atoms with E-state index in [4.69, 9.17) is 0 Å². The SMILES string of the molecule is O=C(C1CCCc2sccc21)C1(c2ccccc2)CC1. The highest BCUT2D eigenvalue weighted by molar-refractivity contribution is 7.10. The summed E-state index contributed by atoms with van der Waals surface area (Å²) in [5.74, 6) is 0.621. The summed E-state index contributed by atoms with van der Waals surface area (Å²) >= 11 is 1.82. The van der Waals surface area contributed by atoms with Crippen LogP contribution in [-0.4, -0.2) is 5.78 Å². The third-order valence-electron chi connectivity index (χ3n) is 4.92. The first-order valence-electron chi connectivity index (χ1n) is 7.47. The number of ketones is 1. The molecular weight excluding hydrogens is 264 g/mol. The zero-order valence-electron chi connectivity index (χ0n) is 11.5. The van der Waals surface area contributed by atoms with Crippen LogP contribution in [0, 0.1) is 0 Å². The number of hydrogen-bond donors (Lipinski definition) is 0. The van der Waals surface area contributed by atoms with Crippen molar-refractivity contribution in [3.63, 3.8) is 0 Å². The molecule has 4 rings (SSSR count). The third kappa shape index (κ3) is 1.78. The third-order valence-corrected chi connectivity index (χ3v) is 5.91. The first kappa shape index (κ1) is 12.3. The molecule has 0 spiro atoms. The van der Waals surface area contributed by atoms with E-state index in [9.17, 15) is 4.79 Å². The first-order chi connectivity index (χ1) is 9.81. The van der Waals surface area contributed by atoms with Gasteiger partial charge in [-0.05, 0) is 54.7 Å². The number of Topliss-reactive ketones (excluding diaryl/α,β-unsaturated/α-hetero) is 1. The zero-order chi connectivity index (χ0) is 13.6. The fourth-order valence-electron chi connectivity index (χ4n) is 3.65. The van der Waals surface area contributed by atoms with E-state index in [1.165, 1.54) is 16.0 Å². The molecule has 2 heteroatoms. The molecule has 2 aromatic rings. The van der Waals surface area contributed by atoms with E-state index in [1.807, 2.05) is 17.4 Å². The van der Waals surface area contributed by atoms with Gasteiger partial charge in [-0.2, -0.15) is 0 Å². The Morgan fingerprint density at radius 2 is 1.95 bits per heavy atom. The van der Waals surface area contributed by atoms with Crippen molar-refractivity contribution in [2.45, 2.75) is 43.4 Å². The zero-order valence-corrected chi connectivity index (χ0v) is 12.3. The number of aryl methyl sites for hydroxylation is 1. The van der Waals surface area contributed by atoms with Crippen molar-refractivity contribution < 1.29 is 4.79 Å². The Balaban J connectivity index is 1.70. The smallest absolute Gasteiger partial charge is 0.150 e. The van der Waals surface area contributed by atoms with Crippen molar-refractivity contribution in [3.05, 3.63) is 57.8 Å². The Hall–Kier alpha value is -1.41. The molecule has 0 N–H and O–H groups in total. The van der Waals surface area contributed by atoms with Crippen LogP contribution in [0.3, 0.4) is 0 Å². The average molecular weight is 282 g/mol. The van der Waals surface area contributed by atoms with Crippen LogP contribution in [-0.2, 0) is 16.6 Å². The Morgan fingerprint density at radius 3 is 2.70 bits per heavy atom. The van der Waals surface area contributed by atoms with Crippen molar-refractivity contribution in [1.29, 1.82) is 0 Å². The molecule has 1 unspecified atom stereocenters. The largest absolute Gasteiger partial charge is 0.298 e. The predicted molar refractivity (Wildman–Crippen MR) is 82.4 cm³/mol. The Morgan fingerprint density at radius 1 is 1.15 bits per heavy atom. The van der Waals surface area contributed by atoms with Crippen molar-refractivity contribution >= 4 is 17.1 Å². The molecule has 0 bridgehead atoms. The second-order valence-electron chi connectivity index (χ2n) is 6.06. The Kier molecular flexibility index (Phi) is 2.81. The molecular formula is C18H18OS. The highest BCUT2D eigenvalue weighted by Gasteiger charge is 2.53. The second-order valence-corrected chi connectivity index (χ2v) is 7.06. The molecule has 102 valence electrons. The van der Waals surface area contributed by atoms with Gasteiger partial charge < -0.3 is 0 Å². The molecule has 1 nitrogen and oxygen atoms in total. The minimum Gasteiger partial charge on any atom is -0.298 e. The van der Waals surface area contributed by atoms with E-state index in [0.717, 1.165) is 32.1 Å². The average Bonchev–Trinajstić information content (AvgIpc) is 3.18. The number of fused-ring (bicyclic) bond motifs is 1. The number of hydrogen-bond acceptors (Lipinski definition) is 2. The van der Waals surface area contributed by atoms with Crippen molar-refractivity contribution in [2.24, 2.45) is 0 Å². The Bertz CT molecular complexity index is 636. The van der Waals surface area contributed by atoms with Gasteiger partial charge in [0.2, 0.25) is 0 Å². The lowest BCUT2D eigenvalue weighted by atomic mass is 9.77. The van der Waals surface area contributed by atoms with Gasteiger partial charge in [-0.25, -0.2) is 0 Å². The fourth-order valence-corrected chi connectivity index (χ4v) is 4.64. The fraction of sp³-hybridized carbons (Fsp3) is 0.389. The molecule has 0 amide bonds. The molecule has 1 saturated carbocycles. The van der Waals surface area contributed by atoms with Gasteiger partial charge in [0, 0.05) is 10.8 Å². The van der Waals surface area contributed by atoms with Crippen LogP contribution in [0.5, 0.6) is 0 Å². The molecule has 1 fully saturated rings. The maximum absolute atomic E-state index is 13.1. The van der Waals surface area contributed by atoms with Crippen LogP contribution in [0.25, 0.3) is 0 Å². The van der Waals surface area contributed by atoms with Gasteiger partial charge in [-0.3, -0.25) is 4.79 Å². The van der Waals surface area contributed by atoms with E-state index in [1.54, 1.807) is 0 Å². The van der Waals surface area contributed by atoms with Crippen LogP contribution >= 0.6 is 11.3 Å². The quantitative estimate of drug-likeness (QED) is 0.812. The van der Waals surface area contributed by atoms with Gasteiger partial charge in [0.15, 0.2) is 5.78 Å². The summed E-state index contributed by atoms with van der Waals surface area (Å²) in [6, 6.07) is 12.6. The lowest BCUT2D eigenvalue weighted by Crippen LogP contribution is -2.28. The van der Waals surface area contributed by atoms with E-state index < -0.39 is 0 Å². The van der Waals surface area contributed by atoms with Gasteiger partial charge in [-0.1, -0.05) is 30.3 Å². The van der Waals surface area contributed by atoms with E-state index in [0.29, 0.717) is 5.78 Å². The predicted octanol–water partition coefficient (Wildman–Crippen LogP) is 4.47. The number of rotatable bonds is 3. The number of benzene rings is 1. The minimum atomic E-state index is -0.164. The molecule has 0 saturated heterocycles. The molecule has 2 aliphatic rings. The lowest BCUT2D eigenvalue weighted by molar-refractivity contribution is -0.123. The van der Waals surface area contributed by atoms with Crippen molar-refractivity contribution in [2.75, 3.05) is 0 Å². The van der Waals surface area contributed by atoms with E-state index in [2.05, 4.69) is 35.7 Å². The van der Waals surface area contributed by atoms with E-state index >= 15 is 0 Å². The summed E-state index contributed by atoms with van der Waals surface area (Å²) in [6.07, 6.45) is 5.43. The summed E-state index contributed by atoms with van der Waals surface area (Å²) in [7, 11) is 0. The number of thiophene rings is 1. The number of carbonyl (C=O) groups excluding carboxylic acids is 1. The summed E-state index contributed by atoms with van der Waals surface area (Å²) in [5.41, 5.74) is 2.39. The van der Waals surface area contributed by atoms with Crippen LogP contribution in [0.2, 0.25) is 0 Å². The summed E-state index contributed by atoms with van der Waals surface area (Å²) in [6.45, 7) is 0. The van der Waals surface area contributed by atoms with Crippen molar-refractivity contribution in [1.82, 2.24) is 0 Å². The molecule has 1 heterocycles. The molecule has 1 atom stereocenters. The molecule has 1 aromatic heterocycles. The van der Waals surface area contributed by atoms with Gasteiger partial charge in [0.25, 0.3) is 0 Å². The monoisotopic (exact) mass is 282 g/mol. The number of carbonyl (C=O) groups is 1. The van der Waals surface area contributed by atoms with Crippen LogP contribution < -0.4 is 0 Å². The summed E-state index contributed by atoms with van der Waals surface area (Å²) < 4.78 is 0. The van der Waals surface area contributed by atoms with Crippen LogP contribution in [0.4, 0.5) is 0 Å². The molecule has 0 radical (unpaired) electrons. The summed E-state index contributed by atoms with van der Waals surface area (Å²) in [5, 5.41) is 2.15. The standard InChI is InChI=1S/C18H18OS/c19-17(15-7-4-8-16-14(15)9-12-20-16)18(10-11-18)13-5-2-1-3-6-13/h1-3,5-6,9,12,15H,4,7-8,10-11H2. The van der Waals surface area contributed by atoms with Crippen LogP contribution in [0.1, 0.15) is 47.6 Å². The Labute approximate surface area is 123 Å². The highest BCUT2D eigenvalue weighted by Crippen LogP contribution is 2.53. The van der Waals surface area contributed by atoms with Gasteiger partial charge in [0.1, 0.15) is 0 Å². The minimum absolute atomic E-state index is 0.146. The van der Waals surface area contributed by atoms with Gasteiger partial charge in [0.05, 0.1) is 5.41 Å². The van der Waals surface area contributed by atoms with E-state index in [-0.39, 0.29) is 11.3 Å². The molecule has 20 heavy (non-hydrogen) atoms. The van der Waals surface area contributed by atoms with Crippen molar-refractivity contribution in [3.8, 4) is 0 Å². The van der Waals surface area contributed by atoms with Gasteiger partial charge in [-0.15, -0.1) is 11.3 Å². The maximum Gasteiger partial charge on any atom is 0.150 e. The second kappa shape index (κ2) is 4.56. The first-order valence-corrected chi connectivity index (χ1v) is 8.35. The highest BCUT2D eigenvalue weighted by atomic mass is 32.1. The molecule has 2 aliphatic carbocycles. The molecule has 1 aromatic carbocycles. The topological polar surface area (TPSA) is 17.1 Å². The normalized spacial score (nSPS) is 23.1. The summed E-state index contributed by atoms with van der Waals surface area (Å²) in [4.78, 5) is 14.6. The lowest BCUT2D eigenvalue weighted by Gasteiger charge is -2.26. The van der Waals surface area contributed by atoms with Crippen LogP contribution in [0.15, 0.2) is 41.8 Å². The maximum atomic E-state index is 13.1.